The molecule has 2 N–H and O–H groups in total. The van der Waals surface area contributed by atoms with Crippen molar-refractivity contribution in [2.75, 3.05) is 12.4 Å². The zero-order valence-electron chi connectivity index (χ0n) is 11.0. The highest BCUT2D eigenvalue weighted by Gasteiger charge is 2.22. The summed E-state index contributed by atoms with van der Waals surface area (Å²) in [6, 6.07) is 9.90. The molecule has 0 aliphatic heterocycles. The number of esters is 1. The standard InChI is InChI=1S/C14H21NO2S/c1-3-17-14(16)13(18-10-9-11(2)15)12-7-5-4-6-8-12/h4-8,11,13H,3,9-10,15H2,1-2H3. The van der Waals surface area contributed by atoms with Gasteiger partial charge < -0.3 is 10.5 Å². The molecule has 0 fully saturated rings. The van der Waals surface area contributed by atoms with Crippen LogP contribution in [0, 0.1) is 0 Å². The van der Waals surface area contributed by atoms with E-state index in [4.69, 9.17) is 10.5 Å². The van der Waals surface area contributed by atoms with Crippen molar-refractivity contribution in [1.29, 1.82) is 0 Å². The maximum Gasteiger partial charge on any atom is 0.323 e. The fourth-order valence-electron chi connectivity index (χ4n) is 1.52. The summed E-state index contributed by atoms with van der Waals surface area (Å²) in [4.78, 5) is 11.9. The molecule has 0 spiro atoms. The lowest BCUT2D eigenvalue weighted by Gasteiger charge is -2.16. The van der Waals surface area contributed by atoms with Crippen LogP contribution in [-0.4, -0.2) is 24.4 Å². The van der Waals surface area contributed by atoms with Gasteiger partial charge in [-0.15, -0.1) is 11.8 Å². The smallest absolute Gasteiger partial charge is 0.323 e. The third-order valence-electron chi connectivity index (χ3n) is 2.46. The van der Waals surface area contributed by atoms with Gasteiger partial charge in [-0.25, -0.2) is 0 Å². The van der Waals surface area contributed by atoms with Crippen molar-refractivity contribution in [2.24, 2.45) is 5.73 Å². The number of hydrogen-bond acceptors (Lipinski definition) is 4. The summed E-state index contributed by atoms with van der Waals surface area (Å²) < 4.78 is 5.12. The highest BCUT2D eigenvalue weighted by Crippen LogP contribution is 2.30. The summed E-state index contributed by atoms with van der Waals surface area (Å²) in [7, 11) is 0. The zero-order chi connectivity index (χ0) is 13.4. The van der Waals surface area contributed by atoms with E-state index in [1.165, 1.54) is 0 Å². The van der Waals surface area contributed by atoms with Crippen molar-refractivity contribution in [1.82, 2.24) is 0 Å². The molecule has 2 atom stereocenters. The number of rotatable bonds is 7. The number of carbonyl (C=O) groups is 1. The molecule has 2 unspecified atom stereocenters. The number of thioether (sulfide) groups is 1. The minimum absolute atomic E-state index is 0.163. The van der Waals surface area contributed by atoms with Crippen molar-refractivity contribution >= 4 is 17.7 Å². The SMILES string of the molecule is CCOC(=O)C(SCCC(C)N)c1ccccc1. The van der Waals surface area contributed by atoms with Crippen LogP contribution < -0.4 is 5.73 Å². The Bertz CT molecular complexity index is 354. The van der Waals surface area contributed by atoms with Gasteiger partial charge in [0.2, 0.25) is 0 Å². The van der Waals surface area contributed by atoms with Gasteiger partial charge >= 0.3 is 5.97 Å². The van der Waals surface area contributed by atoms with Crippen LogP contribution in [0.15, 0.2) is 30.3 Å². The van der Waals surface area contributed by atoms with E-state index in [0.717, 1.165) is 17.7 Å². The fourth-order valence-corrected chi connectivity index (χ4v) is 2.82. The Morgan fingerprint density at radius 1 is 1.39 bits per heavy atom. The molecule has 0 aliphatic carbocycles. The molecule has 1 aromatic carbocycles. The van der Waals surface area contributed by atoms with E-state index >= 15 is 0 Å². The van der Waals surface area contributed by atoms with Crippen LogP contribution in [0.2, 0.25) is 0 Å². The topological polar surface area (TPSA) is 52.3 Å². The number of benzene rings is 1. The molecule has 100 valence electrons. The second-order valence-electron chi connectivity index (χ2n) is 4.18. The zero-order valence-corrected chi connectivity index (χ0v) is 11.8. The number of carbonyl (C=O) groups excluding carboxylic acids is 1. The lowest BCUT2D eigenvalue weighted by atomic mass is 10.1. The van der Waals surface area contributed by atoms with Gasteiger partial charge in [-0.2, -0.15) is 0 Å². The lowest BCUT2D eigenvalue weighted by molar-refractivity contribution is -0.142. The molecule has 4 heteroatoms. The van der Waals surface area contributed by atoms with Gasteiger partial charge in [0.1, 0.15) is 5.25 Å². The monoisotopic (exact) mass is 267 g/mol. The average molecular weight is 267 g/mol. The van der Waals surface area contributed by atoms with Gasteiger partial charge in [0.25, 0.3) is 0 Å². The van der Waals surface area contributed by atoms with Crippen molar-refractivity contribution in [3.05, 3.63) is 35.9 Å². The summed E-state index contributed by atoms with van der Waals surface area (Å²) in [6.07, 6.45) is 0.896. The van der Waals surface area contributed by atoms with E-state index in [-0.39, 0.29) is 17.3 Å². The summed E-state index contributed by atoms with van der Waals surface area (Å²) in [6.45, 7) is 4.21. The Balaban J connectivity index is 2.66. The van der Waals surface area contributed by atoms with Gasteiger partial charge in [-0.1, -0.05) is 30.3 Å². The quantitative estimate of drug-likeness (QED) is 0.772. The van der Waals surface area contributed by atoms with Gasteiger partial charge in [0, 0.05) is 6.04 Å². The Morgan fingerprint density at radius 3 is 2.61 bits per heavy atom. The minimum atomic E-state index is -0.245. The van der Waals surface area contributed by atoms with E-state index < -0.39 is 0 Å². The normalized spacial score (nSPS) is 13.9. The molecule has 1 aromatic rings. The van der Waals surface area contributed by atoms with E-state index in [1.54, 1.807) is 11.8 Å². The van der Waals surface area contributed by atoms with Crippen LogP contribution in [-0.2, 0) is 9.53 Å². The fraction of sp³-hybridized carbons (Fsp3) is 0.500. The molecule has 0 saturated heterocycles. The van der Waals surface area contributed by atoms with Crippen molar-refractivity contribution in [2.45, 2.75) is 31.6 Å². The third kappa shape index (κ3) is 5.10. The molecule has 0 bridgehead atoms. The number of nitrogens with two attached hydrogens (primary N) is 1. The van der Waals surface area contributed by atoms with Gasteiger partial charge in [-0.05, 0) is 31.6 Å². The summed E-state index contributed by atoms with van der Waals surface area (Å²) in [5.41, 5.74) is 6.71. The van der Waals surface area contributed by atoms with Crippen LogP contribution >= 0.6 is 11.8 Å². The molecule has 18 heavy (non-hydrogen) atoms. The van der Waals surface area contributed by atoms with E-state index in [1.807, 2.05) is 44.2 Å². The van der Waals surface area contributed by atoms with E-state index in [0.29, 0.717) is 6.61 Å². The third-order valence-corrected chi connectivity index (χ3v) is 3.73. The highest BCUT2D eigenvalue weighted by atomic mass is 32.2. The Hall–Kier alpha value is -1.00. The maximum atomic E-state index is 11.9. The number of hydrogen-bond donors (Lipinski definition) is 1. The highest BCUT2D eigenvalue weighted by molar-refractivity contribution is 8.00. The molecule has 1 rings (SSSR count). The van der Waals surface area contributed by atoms with E-state index in [9.17, 15) is 4.79 Å². The first-order chi connectivity index (χ1) is 8.65. The molecule has 0 aliphatic rings. The van der Waals surface area contributed by atoms with Gasteiger partial charge in [-0.3, -0.25) is 4.79 Å². The molecule has 0 aromatic heterocycles. The van der Waals surface area contributed by atoms with Crippen molar-refractivity contribution in [3.63, 3.8) is 0 Å². The van der Waals surface area contributed by atoms with Crippen LogP contribution in [0.5, 0.6) is 0 Å². The second-order valence-corrected chi connectivity index (χ2v) is 5.39. The Morgan fingerprint density at radius 2 is 2.06 bits per heavy atom. The minimum Gasteiger partial charge on any atom is -0.465 e. The maximum absolute atomic E-state index is 11.9. The summed E-state index contributed by atoms with van der Waals surface area (Å²) in [5, 5.41) is -0.245. The first kappa shape index (κ1) is 15.1. The average Bonchev–Trinajstić information content (AvgIpc) is 2.35. The predicted octanol–water partition coefficient (Wildman–Crippen LogP) is 2.76. The molecule has 0 heterocycles. The van der Waals surface area contributed by atoms with Crippen molar-refractivity contribution < 1.29 is 9.53 Å². The molecular formula is C14H21NO2S. The molecule has 3 nitrogen and oxygen atoms in total. The molecule has 0 saturated carbocycles. The Kier molecular flexibility index (Phi) is 6.83. The first-order valence-electron chi connectivity index (χ1n) is 6.24. The summed E-state index contributed by atoms with van der Waals surface area (Å²) >= 11 is 1.60. The molecule has 0 amide bonds. The van der Waals surface area contributed by atoms with Crippen LogP contribution in [0.25, 0.3) is 0 Å². The largest absolute Gasteiger partial charge is 0.465 e. The summed E-state index contributed by atoms with van der Waals surface area (Å²) in [5.74, 6) is 0.689. The van der Waals surface area contributed by atoms with Crippen LogP contribution in [0.4, 0.5) is 0 Å². The lowest BCUT2D eigenvalue weighted by Crippen LogP contribution is -2.18. The van der Waals surface area contributed by atoms with Crippen LogP contribution in [0.3, 0.4) is 0 Å². The molecular weight excluding hydrogens is 246 g/mol. The van der Waals surface area contributed by atoms with Gasteiger partial charge in [0.05, 0.1) is 6.61 Å². The Labute approximate surface area is 113 Å². The predicted molar refractivity (Wildman–Crippen MR) is 76.5 cm³/mol. The van der Waals surface area contributed by atoms with Crippen molar-refractivity contribution in [3.8, 4) is 0 Å². The van der Waals surface area contributed by atoms with Crippen LogP contribution in [0.1, 0.15) is 31.1 Å². The first-order valence-corrected chi connectivity index (χ1v) is 7.28. The second kappa shape index (κ2) is 8.16. The number of ether oxygens (including phenoxy) is 1. The van der Waals surface area contributed by atoms with Gasteiger partial charge in [0.15, 0.2) is 0 Å². The van der Waals surface area contributed by atoms with E-state index in [2.05, 4.69) is 0 Å². The molecule has 0 radical (unpaired) electrons.